The van der Waals surface area contributed by atoms with Gasteiger partial charge in [-0.2, -0.15) is 0 Å². The topological polar surface area (TPSA) is 37.3 Å². The third-order valence-corrected chi connectivity index (χ3v) is 3.42. The second-order valence-corrected chi connectivity index (χ2v) is 4.57. The highest BCUT2D eigenvalue weighted by atomic mass is 16.3. The SMILES string of the molecule is O=C(c1ccccc1)C(O)C1CCCCC1. The maximum absolute atomic E-state index is 12.0. The van der Waals surface area contributed by atoms with Crippen LogP contribution in [0.15, 0.2) is 30.3 Å². The van der Waals surface area contributed by atoms with Crippen LogP contribution < -0.4 is 0 Å². The van der Waals surface area contributed by atoms with Crippen LogP contribution in [0.1, 0.15) is 42.5 Å². The van der Waals surface area contributed by atoms with Crippen molar-refractivity contribution in [2.24, 2.45) is 5.92 Å². The molecule has 2 nitrogen and oxygen atoms in total. The molecule has 1 atom stereocenters. The normalized spacial score (nSPS) is 19.3. The summed E-state index contributed by atoms with van der Waals surface area (Å²) in [7, 11) is 0. The van der Waals surface area contributed by atoms with E-state index < -0.39 is 6.10 Å². The Hall–Kier alpha value is -1.15. The highest BCUT2D eigenvalue weighted by molar-refractivity contribution is 5.99. The monoisotopic (exact) mass is 218 g/mol. The molecular formula is C14H18O2. The molecule has 0 aromatic heterocycles. The van der Waals surface area contributed by atoms with Gasteiger partial charge in [-0.15, -0.1) is 0 Å². The Labute approximate surface area is 96.3 Å². The smallest absolute Gasteiger partial charge is 0.191 e. The first-order valence-corrected chi connectivity index (χ1v) is 6.06. The highest BCUT2D eigenvalue weighted by Crippen LogP contribution is 2.27. The minimum atomic E-state index is -0.803. The van der Waals surface area contributed by atoms with Crippen LogP contribution in [0.4, 0.5) is 0 Å². The summed E-state index contributed by atoms with van der Waals surface area (Å²) in [4.78, 5) is 12.0. The summed E-state index contributed by atoms with van der Waals surface area (Å²) in [5.41, 5.74) is 0.626. The fourth-order valence-electron chi connectivity index (χ4n) is 2.44. The summed E-state index contributed by atoms with van der Waals surface area (Å²) in [6, 6.07) is 9.09. The molecule has 1 aliphatic carbocycles. The molecule has 1 fully saturated rings. The van der Waals surface area contributed by atoms with Crippen LogP contribution in [-0.4, -0.2) is 17.0 Å². The van der Waals surface area contributed by atoms with Crippen molar-refractivity contribution in [2.75, 3.05) is 0 Å². The summed E-state index contributed by atoms with van der Waals surface area (Å²) in [6.45, 7) is 0. The molecular weight excluding hydrogens is 200 g/mol. The lowest BCUT2D eigenvalue weighted by Gasteiger charge is -2.25. The van der Waals surface area contributed by atoms with Gasteiger partial charge in [0.2, 0.25) is 0 Å². The molecule has 2 heteroatoms. The zero-order chi connectivity index (χ0) is 11.4. The first kappa shape index (κ1) is 11.3. The Balaban J connectivity index is 2.04. The van der Waals surface area contributed by atoms with Gasteiger partial charge in [0, 0.05) is 5.56 Å². The van der Waals surface area contributed by atoms with Crippen LogP contribution in [0.3, 0.4) is 0 Å². The average molecular weight is 218 g/mol. The fraction of sp³-hybridized carbons (Fsp3) is 0.500. The van der Waals surface area contributed by atoms with Crippen molar-refractivity contribution in [3.63, 3.8) is 0 Å². The quantitative estimate of drug-likeness (QED) is 0.792. The van der Waals surface area contributed by atoms with Gasteiger partial charge in [0.1, 0.15) is 6.10 Å². The molecule has 1 aromatic carbocycles. The van der Waals surface area contributed by atoms with Crippen molar-refractivity contribution in [1.82, 2.24) is 0 Å². The molecule has 86 valence electrons. The lowest BCUT2D eigenvalue weighted by Crippen LogP contribution is -2.31. The maximum Gasteiger partial charge on any atom is 0.191 e. The maximum atomic E-state index is 12.0. The van der Waals surface area contributed by atoms with E-state index in [-0.39, 0.29) is 11.7 Å². The minimum Gasteiger partial charge on any atom is -0.385 e. The van der Waals surface area contributed by atoms with E-state index >= 15 is 0 Å². The zero-order valence-corrected chi connectivity index (χ0v) is 9.43. The molecule has 0 radical (unpaired) electrons. The summed E-state index contributed by atoms with van der Waals surface area (Å²) in [6.07, 6.45) is 4.69. The number of hydrogen-bond donors (Lipinski definition) is 1. The van der Waals surface area contributed by atoms with Gasteiger partial charge in [0.05, 0.1) is 0 Å². The third-order valence-electron chi connectivity index (χ3n) is 3.42. The van der Waals surface area contributed by atoms with Crippen molar-refractivity contribution in [3.8, 4) is 0 Å². The van der Waals surface area contributed by atoms with Crippen molar-refractivity contribution < 1.29 is 9.90 Å². The molecule has 2 rings (SSSR count). The van der Waals surface area contributed by atoms with Crippen LogP contribution in [0, 0.1) is 5.92 Å². The standard InChI is InChI=1S/C14H18O2/c15-13(11-7-3-1-4-8-11)14(16)12-9-5-2-6-10-12/h1,3-4,7-8,12,14,16H,2,5-6,9-10H2. The molecule has 0 saturated heterocycles. The summed E-state index contributed by atoms with van der Waals surface area (Å²) < 4.78 is 0. The van der Waals surface area contributed by atoms with E-state index in [9.17, 15) is 9.90 Å². The first-order valence-electron chi connectivity index (χ1n) is 6.06. The van der Waals surface area contributed by atoms with E-state index in [1.54, 1.807) is 12.1 Å². The summed E-state index contributed by atoms with van der Waals surface area (Å²) in [5.74, 6) is 0.0500. The van der Waals surface area contributed by atoms with Crippen molar-refractivity contribution in [3.05, 3.63) is 35.9 Å². The van der Waals surface area contributed by atoms with Gasteiger partial charge in [0.15, 0.2) is 5.78 Å². The van der Waals surface area contributed by atoms with Crippen molar-refractivity contribution in [1.29, 1.82) is 0 Å². The Morgan fingerprint density at radius 2 is 1.75 bits per heavy atom. The lowest BCUT2D eigenvalue weighted by molar-refractivity contribution is 0.0534. The zero-order valence-electron chi connectivity index (χ0n) is 9.43. The molecule has 1 aliphatic rings. The van der Waals surface area contributed by atoms with E-state index in [1.165, 1.54) is 6.42 Å². The van der Waals surface area contributed by atoms with E-state index in [0.717, 1.165) is 25.7 Å². The van der Waals surface area contributed by atoms with Gasteiger partial charge < -0.3 is 5.11 Å². The molecule has 16 heavy (non-hydrogen) atoms. The number of hydrogen-bond acceptors (Lipinski definition) is 2. The molecule has 0 bridgehead atoms. The molecule has 1 aromatic rings. The Bertz CT molecular complexity index is 339. The molecule has 1 saturated carbocycles. The van der Waals surface area contributed by atoms with Crippen LogP contribution >= 0.6 is 0 Å². The Kier molecular flexibility index (Phi) is 3.73. The van der Waals surface area contributed by atoms with Gasteiger partial charge in [0.25, 0.3) is 0 Å². The number of carbonyl (C=O) groups is 1. The van der Waals surface area contributed by atoms with Crippen LogP contribution in [0.2, 0.25) is 0 Å². The van der Waals surface area contributed by atoms with Crippen molar-refractivity contribution in [2.45, 2.75) is 38.2 Å². The van der Waals surface area contributed by atoms with Crippen LogP contribution in [0.25, 0.3) is 0 Å². The second-order valence-electron chi connectivity index (χ2n) is 4.57. The summed E-state index contributed by atoms with van der Waals surface area (Å²) in [5, 5.41) is 10.0. The number of benzene rings is 1. The number of aliphatic hydroxyl groups is 1. The number of Topliss-reactive ketones (excluding diaryl/α,β-unsaturated/α-hetero) is 1. The number of ketones is 1. The Morgan fingerprint density at radius 1 is 1.12 bits per heavy atom. The van der Waals surface area contributed by atoms with Gasteiger partial charge in [-0.1, -0.05) is 49.6 Å². The number of carbonyl (C=O) groups excluding carboxylic acids is 1. The molecule has 0 aliphatic heterocycles. The predicted octanol–water partition coefficient (Wildman–Crippen LogP) is 2.81. The number of aliphatic hydroxyl groups excluding tert-OH is 1. The highest BCUT2D eigenvalue weighted by Gasteiger charge is 2.27. The molecule has 1 N–H and O–H groups in total. The molecule has 0 amide bonds. The first-order chi connectivity index (χ1) is 7.79. The molecule has 0 spiro atoms. The fourth-order valence-corrected chi connectivity index (χ4v) is 2.44. The van der Waals surface area contributed by atoms with E-state index in [2.05, 4.69) is 0 Å². The van der Waals surface area contributed by atoms with Gasteiger partial charge in [-0.05, 0) is 18.8 Å². The van der Waals surface area contributed by atoms with Crippen LogP contribution in [-0.2, 0) is 0 Å². The van der Waals surface area contributed by atoms with Gasteiger partial charge in [-0.25, -0.2) is 0 Å². The second kappa shape index (κ2) is 5.26. The predicted molar refractivity (Wildman–Crippen MR) is 63.4 cm³/mol. The van der Waals surface area contributed by atoms with Gasteiger partial charge in [-0.3, -0.25) is 4.79 Å². The summed E-state index contributed by atoms with van der Waals surface area (Å²) >= 11 is 0. The van der Waals surface area contributed by atoms with E-state index in [1.807, 2.05) is 18.2 Å². The number of rotatable bonds is 3. The minimum absolute atomic E-state index is 0.118. The lowest BCUT2D eigenvalue weighted by atomic mass is 9.82. The molecule has 0 heterocycles. The van der Waals surface area contributed by atoms with E-state index in [0.29, 0.717) is 5.56 Å². The average Bonchev–Trinajstić information content (AvgIpc) is 2.39. The third kappa shape index (κ3) is 2.50. The van der Waals surface area contributed by atoms with E-state index in [4.69, 9.17) is 0 Å². The van der Waals surface area contributed by atoms with Crippen LogP contribution in [0.5, 0.6) is 0 Å². The Morgan fingerprint density at radius 3 is 2.38 bits per heavy atom. The van der Waals surface area contributed by atoms with Crippen molar-refractivity contribution >= 4 is 5.78 Å². The van der Waals surface area contributed by atoms with Gasteiger partial charge >= 0.3 is 0 Å². The largest absolute Gasteiger partial charge is 0.385 e. The molecule has 1 unspecified atom stereocenters.